The SMILES string of the molecule is CC1(C)C2CCC1(C)C(NC1CCOCC1)C2. The van der Waals surface area contributed by atoms with E-state index in [9.17, 15) is 0 Å². The zero-order valence-corrected chi connectivity index (χ0v) is 11.6. The van der Waals surface area contributed by atoms with E-state index in [1.807, 2.05) is 0 Å². The minimum atomic E-state index is 0.524. The van der Waals surface area contributed by atoms with Crippen LogP contribution in [-0.4, -0.2) is 25.3 Å². The summed E-state index contributed by atoms with van der Waals surface area (Å²) in [4.78, 5) is 0. The zero-order chi connectivity index (χ0) is 12.1. The lowest BCUT2D eigenvalue weighted by atomic mass is 9.69. The molecule has 17 heavy (non-hydrogen) atoms. The van der Waals surface area contributed by atoms with Crippen molar-refractivity contribution in [3.05, 3.63) is 0 Å². The Bertz CT molecular complexity index is 295. The van der Waals surface area contributed by atoms with Gasteiger partial charge < -0.3 is 10.1 Å². The number of rotatable bonds is 2. The third kappa shape index (κ3) is 1.67. The molecule has 0 aromatic heterocycles. The van der Waals surface area contributed by atoms with E-state index in [0.717, 1.165) is 25.2 Å². The Kier molecular flexibility index (Phi) is 2.79. The highest BCUT2D eigenvalue weighted by Gasteiger charge is 2.61. The van der Waals surface area contributed by atoms with Gasteiger partial charge in [0, 0.05) is 25.3 Å². The molecular weight excluding hydrogens is 210 g/mol. The predicted octanol–water partition coefficient (Wildman–Crippen LogP) is 2.97. The van der Waals surface area contributed by atoms with Gasteiger partial charge in [0.2, 0.25) is 0 Å². The molecule has 2 bridgehead atoms. The summed E-state index contributed by atoms with van der Waals surface area (Å²) < 4.78 is 5.45. The Morgan fingerprint density at radius 2 is 1.76 bits per heavy atom. The van der Waals surface area contributed by atoms with Crippen LogP contribution in [0.2, 0.25) is 0 Å². The van der Waals surface area contributed by atoms with Crippen molar-refractivity contribution < 1.29 is 4.74 Å². The Morgan fingerprint density at radius 3 is 2.29 bits per heavy atom. The molecule has 98 valence electrons. The first-order valence-corrected chi connectivity index (χ1v) is 7.38. The topological polar surface area (TPSA) is 21.3 Å². The molecule has 1 saturated heterocycles. The van der Waals surface area contributed by atoms with Gasteiger partial charge in [0.15, 0.2) is 0 Å². The van der Waals surface area contributed by atoms with Gasteiger partial charge in [0.1, 0.15) is 0 Å². The van der Waals surface area contributed by atoms with Gasteiger partial charge in [-0.05, 0) is 48.9 Å². The highest BCUT2D eigenvalue weighted by Crippen LogP contribution is 2.65. The van der Waals surface area contributed by atoms with Gasteiger partial charge in [0.05, 0.1) is 0 Å². The Hall–Kier alpha value is -0.0800. The van der Waals surface area contributed by atoms with Crippen LogP contribution in [0, 0.1) is 16.7 Å². The maximum Gasteiger partial charge on any atom is 0.0480 e. The summed E-state index contributed by atoms with van der Waals surface area (Å²) in [5.74, 6) is 0.949. The van der Waals surface area contributed by atoms with Crippen molar-refractivity contribution in [1.82, 2.24) is 5.32 Å². The highest BCUT2D eigenvalue weighted by atomic mass is 16.5. The normalized spacial score (nSPS) is 45.4. The summed E-state index contributed by atoms with van der Waals surface area (Å²) in [6.45, 7) is 9.42. The van der Waals surface area contributed by atoms with Gasteiger partial charge in [0.25, 0.3) is 0 Å². The van der Waals surface area contributed by atoms with E-state index in [4.69, 9.17) is 4.74 Å². The number of hydrogen-bond donors (Lipinski definition) is 1. The predicted molar refractivity (Wildman–Crippen MR) is 70.0 cm³/mol. The summed E-state index contributed by atoms with van der Waals surface area (Å²) in [6.07, 6.45) is 6.69. The molecule has 3 aliphatic rings. The first-order valence-electron chi connectivity index (χ1n) is 7.38. The molecule has 3 rings (SSSR count). The molecule has 2 heteroatoms. The van der Waals surface area contributed by atoms with Gasteiger partial charge in [-0.25, -0.2) is 0 Å². The third-order valence-corrected chi connectivity index (χ3v) is 6.45. The lowest BCUT2D eigenvalue weighted by Gasteiger charge is -2.41. The lowest BCUT2D eigenvalue weighted by molar-refractivity contribution is 0.0590. The second kappa shape index (κ2) is 3.96. The van der Waals surface area contributed by atoms with Crippen molar-refractivity contribution in [1.29, 1.82) is 0 Å². The van der Waals surface area contributed by atoms with Crippen LogP contribution in [0.1, 0.15) is 52.9 Å². The highest BCUT2D eigenvalue weighted by molar-refractivity contribution is 5.13. The fourth-order valence-electron chi connectivity index (χ4n) is 4.60. The minimum absolute atomic E-state index is 0.524. The Labute approximate surface area is 105 Å². The minimum Gasteiger partial charge on any atom is -0.381 e. The van der Waals surface area contributed by atoms with Crippen LogP contribution < -0.4 is 5.32 Å². The second-order valence-electron chi connectivity index (χ2n) is 7.22. The van der Waals surface area contributed by atoms with Crippen molar-refractivity contribution in [3.63, 3.8) is 0 Å². The van der Waals surface area contributed by atoms with Gasteiger partial charge in [-0.15, -0.1) is 0 Å². The van der Waals surface area contributed by atoms with E-state index in [2.05, 4.69) is 26.1 Å². The van der Waals surface area contributed by atoms with Crippen LogP contribution in [0.4, 0.5) is 0 Å². The van der Waals surface area contributed by atoms with Gasteiger partial charge >= 0.3 is 0 Å². The molecule has 3 atom stereocenters. The van der Waals surface area contributed by atoms with E-state index in [1.165, 1.54) is 32.1 Å². The number of nitrogens with one attached hydrogen (secondary N) is 1. The maximum absolute atomic E-state index is 5.45. The van der Waals surface area contributed by atoms with Gasteiger partial charge in [-0.2, -0.15) is 0 Å². The fraction of sp³-hybridized carbons (Fsp3) is 1.00. The third-order valence-electron chi connectivity index (χ3n) is 6.45. The first-order chi connectivity index (χ1) is 8.04. The van der Waals surface area contributed by atoms with Crippen molar-refractivity contribution in [3.8, 4) is 0 Å². The monoisotopic (exact) mass is 237 g/mol. The standard InChI is InChI=1S/C15H27NO/c1-14(2)11-4-7-15(14,3)13(10-11)16-12-5-8-17-9-6-12/h11-13,16H,4-10H2,1-3H3. The molecule has 0 amide bonds. The molecule has 0 aromatic carbocycles. The average molecular weight is 237 g/mol. The van der Waals surface area contributed by atoms with E-state index < -0.39 is 0 Å². The second-order valence-corrected chi connectivity index (χ2v) is 7.22. The molecule has 3 unspecified atom stereocenters. The van der Waals surface area contributed by atoms with E-state index in [-0.39, 0.29) is 0 Å². The first kappa shape index (κ1) is 12.0. The number of fused-ring (bicyclic) bond motifs is 2. The fourth-order valence-corrected chi connectivity index (χ4v) is 4.60. The molecule has 0 radical (unpaired) electrons. The molecular formula is C15H27NO. The molecule has 0 spiro atoms. The van der Waals surface area contributed by atoms with Crippen molar-refractivity contribution >= 4 is 0 Å². The Morgan fingerprint density at radius 1 is 1.06 bits per heavy atom. The molecule has 3 fully saturated rings. The number of ether oxygens (including phenoxy) is 1. The number of hydrogen-bond acceptors (Lipinski definition) is 2. The summed E-state index contributed by atoms with van der Waals surface area (Å²) in [6, 6.07) is 1.46. The van der Waals surface area contributed by atoms with Gasteiger partial charge in [-0.3, -0.25) is 0 Å². The van der Waals surface area contributed by atoms with E-state index in [1.54, 1.807) is 0 Å². The van der Waals surface area contributed by atoms with Crippen molar-refractivity contribution in [2.75, 3.05) is 13.2 Å². The van der Waals surface area contributed by atoms with Crippen molar-refractivity contribution in [2.45, 2.75) is 65.0 Å². The summed E-state index contributed by atoms with van der Waals surface area (Å²) in [5.41, 5.74) is 1.06. The Balaban J connectivity index is 1.69. The van der Waals surface area contributed by atoms with Crippen LogP contribution in [0.15, 0.2) is 0 Å². The van der Waals surface area contributed by atoms with Crippen LogP contribution in [-0.2, 0) is 4.74 Å². The average Bonchev–Trinajstić information content (AvgIpc) is 2.63. The van der Waals surface area contributed by atoms with Crippen LogP contribution >= 0.6 is 0 Å². The molecule has 1 aliphatic heterocycles. The molecule has 1 N–H and O–H groups in total. The molecule has 2 nitrogen and oxygen atoms in total. The molecule has 0 aromatic rings. The smallest absolute Gasteiger partial charge is 0.0480 e. The van der Waals surface area contributed by atoms with E-state index in [0.29, 0.717) is 16.9 Å². The largest absolute Gasteiger partial charge is 0.381 e. The molecule has 2 aliphatic carbocycles. The summed E-state index contributed by atoms with van der Waals surface area (Å²) >= 11 is 0. The van der Waals surface area contributed by atoms with Gasteiger partial charge in [-0.1, -0.05) is 20.8 Å². The van der Waals surface area contributed by atoms with Crippen molar-refractivity contribution in [2.24, 2.45) is 16.7 Å². The zero-order valence-electron chi connectivity index (χ0n) is 11.6. The summed E-state index contributed by atoms with van der Waals surface area (Å²) in [5, 5.41) is 3.97. The van der Waals surface area contributed by atoms with Crippen LogP contribution in [0.3, 0.4) is 0 Å². The summed E-state index contributed by atoms with van der Waals surface area (Å²) in [7, 11) is 0. The maximum atomic E-state index is 5.45. The molecule has 1 heterocycles. The molecule has 2 saturated carbocycles. The van der Waals surface area contributed by atoms with Crippen LogP contribution in [0.25, 0.3) is 0 Å². The van der Waals surface area contributed by atoms with E-state index >= 15 is 0 Å². The van der Waals surface area contributed by atoms with Crippen LogP contribution in [0.5, 0.6) is 0 Å². The quantitative estimate of drug-likeness (QED) is 0.797. The lowest BCUT2D eigenvalue weighted by Crippen LogP contribution is -2.49.